The van der Waals surface area contributed by atoms with E-state index in [4.69, 9.17) is 14.2 Å². The second kappa shape index (κ2) is 6.84. The van der Waals surface area contributed by atoms with Gasteiger partial charge in [-0.3, -0.25) is 9.59 Å². The van der Waals surface area contributed by atoms with Gasteiger partial charge in [-0.1, -0.05) is 12.1 Å². The summed E-state index contributed by atoms with van der Waals surface area (Å²) >= 11 is 0. The number of nitrogens with one attached hydrogen (secondary N) is 1. The van der Waals surface area contributed by atoms with Gasteiger partial charge in [0.1, 0.15) is 5.75 Å². The highest BCUT2D eigenvalue weighted by atomic mass is 16.7. The number of ketones is 1. The lowest BCUT2D eigenvalue weighted by Gasteiger charge is -2.12. The molecule has 0 saturated carbocycles. The number of amides is 1. The first-order valence-corrected chi connectivity index (χ1v) is 7.88. The summed E-state index contributed by atoms with van der Waals surface area (Å²) in [6.07, 6.45) is 0. The van der Waals surface area contributed by atoms with Gasteiger partial charge < -0.3 is 19.5 Å². The van der Waals surface area contributed by atoms with E-state index in [2.05, 4.69) is 5.32 Å². The van der Waals surface area contributed by atoms with Crippen LogP contribution in [-0.4, -0.2) is 25.1 Å². The third-order valence-electron chi connectivity index (χ3n) is 3.87. The first-order valence-electron chi connectivity index (χ1n) is 7.88. The van der Waals surface area contributed by atoms with Gasteiger partial charge >= 0.3 is 0 Å². The predicted molar refractivity (Wildman–Crippen MR) is 92.6 cm³/mol. The molecule has 3 rings (SSSR count). The van der Waals surface area contributed by atoms with Crippen molar-refractivity contribution in [1.82, 2.24) is 0 Å². The van der Waals surface area contributed by atoms with E-state index in [1.54, 1.807) is 12.1 Å². The lowest BCUT2D eigenvalue weighted by Crippen LogP contribution is -2.21. The first-order chi connectivity index (χ1) is 11.9. The molecule has 6 heteroatoms. The fraction of sp³-hybridized carbons (Fsp3) is 0.263. The van der Waals surface area contributed by atoms with Crippen molar-refractivity contribution < 1.29 is 23.8 Å². The molecule has 6 nitrogen and oxygen atoms in total. The van der Waals surface area contributed by atoms with Gasteiger partial charge in [0.2, 0.25) is 6.79 Å². The molecule has 2 aromatic rings. The summed E-state index contributed by atoms with van der Waals surface area (Å²) in [5, 5.41) is 2.71. The number of carbonyl (C=O) groups is 2. The van der Waals surface area contributed by atoms with Crippen molar-refractivity contribution in [1.29, 1.82) is 0 Å². The van der Waals surface area contributed by atoms with Crippen molar-refractivity contribution in [3.8, 4) is 17.2 Å². The zero-order valence-electron chi connectivity index (χ0n) is 14.3. The van der Waals surface area contributed by atoms with Gasteiger partial charge in [-0.15, -0.1) is 0 Å². The Hall–Kier alpha value is -3.02. The summed E-state index contributed by atoms with van der Waals surface area (Å²) in [7, 11) is 0. The molecule has 25 heavy (non-hydrogen) atoms. The fourth-order valence-corrected chi connectivity index (χ4v) is 2.53. The topological polar surface area (TPSA) is 73.9 Å². The Morgan fingerprint density at radius 1 is 1.12 bits per heavy atom. The lowest BCUT2D eigenvalue weighted by molar-refractivity contribution is -0.118. The fourth-order valence-electron chi connectivity index (χ4n) is 2.53. The van der Waals surface area contributed by atoms with Crippen LogP contribution in [0.5, 0.6) is 17.2 Å². The average Bonchev–Trinajstić information content (AvgIpc) is 3.02. The molecule has 0 spiro atoms. The molecular weight excluding hydrogens is 322 g/mol. The Morgan fingerprint density at radius 3 is 2.56 bits per heavy atom. The number of benzene rings is 2. The second-order valence-corrected chi connectivity index (χ2v) is 5.91. The number of hydrogen-bond acceptors (Lipinski definition) is 5. The predicted octanol–water partition coefficient (Wildman–Crippen LogP) is 3.25. The van der Waals surface area contributed by atoms with E-state index in [0.29, 0.717) is 28.5 Å². The Balaban J connectivity index is 1.72. The van der Waals surface area contributed by atoms with Crippen LogP contribution in [0, 0.1) is 13.8 Å². The largest absolute Gasteiger partial charge is 0.483 e. The monoisotopic (exact) mass is 341 g/mol. The number of aryl methyl sites for hydroxylation is 2. The van der Waals surface area contributed by atoms with Gasteiger partial charge in [-0.25, -0.2) is 0 Å². The zero-order valence-corrected chi connectivity index (χ0v) is 14.3. The maximum Gasteiger partial charge on any atom is 0.262 e. The summed E-state index contributed by atoms with van der Waals surface area (Å²) in [5.41, 5.74) is 2.75. The Morgan fingerprint density at radius 2 is 1.84 bits per heavy atom. The minimum Gasteiger partial charge on any atom is -0.483 e. The Bertz CT molecular complexity index is 844. The van der Waals surface area contributed by atoms with Gasteiger partial charge in [-0.05, 0) is 44.0 Å². The number of hydrogen-bond donors (Lipinski definition) is 1. The van der Waals surface area contributed by atoms with Crippen LogP contribution in [0.4, 0.5) is 5.69 Å². The molecule has 1 aliphatic rings. The second-order valence-electron chi connectivity index (χ2n) is 5.91. The third kappa shape index (κ3) is 3.74. The number of Topliss-reactive ketones (excluding diaryl/α,β-unsaturated/α-hetero) is 1. The summed E-state index contributed by atoms with van der Waals surface area (Å²) < 4.78 is 16.2. The van der Waals surface area contributed by atoms with Gasteiger partial charge in [0.15, 0.2) is 23.9 Å². The molecule has 0 atom stereocenters. The number of fused-ring (bicyclic) bond motifs is 1. The van der Waals surface area contributed by atoms with Crippen LogP contribution in [0.3, 0.4) is 0 Å². The van der Waals surface area contributed by atoms with Crippen LogP contribution in [0.2, 0.25) is 0 Å². The highest BCUT2D eigenvalue weighted by Gasteiger charge is 2.20. The van der Waals surface area contributed by atoms with Crippen LogP contribution >= 0.6 is 0 Å². The van der Waals surface area contributed by atoms with Crippen molar-refractivity contribution >= 4 is 17.4 Å². The van der Waals surface area contributed by atoms with Crippen LogP contribution in [0.25, 0.3) is 0 Å². The van der Waals surface area contributed by atoms with E-state index < -0.39 is 0 Å². The number of carbonyl (C=O) groups excluding carboxylic acids is 2. The van der Waals surface area contributed by atoms with Crippen molar-refractivity contribution in [2.24, 2.45) is 0 Å². The third-order valence-corrected chi connectivity index (χ3v) is 3.87. The normalized spacial score (nSPS) is 12.0. The molecule has 0 unspecified atom stereocenters. The van der Waals surface area contributed by atoms with E-state index in [1.165, 1.54) is 6.92 Å². The SMILES string of the molecule is CC(=O)c1cc2c(cc1NC(=O)COc1cc(C)ccc1C)OCO2. The van der Waals surface area contributed by atoms with Crippen LogP contribution < -0.4 is 19.5 Å². The molecule has 0 bridgehead atoms. The molecule has 2 aromatic carbocycles. The van der Waals surface area contributed by atoms with Gasteiger partial charge in [0.25, 0.3) is 5.91 Å². The molecule has 1 heterocycles. The van der Waals surface area contributed by atoms with Gasteiger partial charge in [0.05, 0.1) is 5.69 Å². The lowest BCUT2D eigenvalue weighted by atomic mass is 10.1. The molecule has 130 valence electrons. The van der Waals surface area contributed by atoms with Crippen LogP contribution in [0.1, 0.15) is 28.4 Å². The van der Waals surface area contributed by atoms with Crippen molar-refractivity contribution in [2.75, 3.05) is 18.7 Å². The molecule has 0 aliphatic carbocycles. The standard InChI is InChI=1S/C19H19NO5/c1-11-4-5-12(2)16(6-11)23-9-19(22)20-15-8-18-17(24-10-25-18)7-14(15)13(3)21/h4-8H,9-10H2,1-3H3,(H,20,22). The smallest absolute Gasteiger partial charge is 0.262 e. The molecule has 0 fully saturated rings. The molecule has 0 radical (unpaired) electrons. The highest BCUT2D eigenvalue weighted by Crippen LogP contribution is 2.37. The summed E-state index contributed by atoms with van der Waals surface area (Å²) in [6, 6.07) is 8.97. The minimum atomic E-state index is -0.359. The maximum absolute atomic E-state index is 12.2. The van der Waals surface area contributed by atoms with E-state index >= 15 is 0 Å². The molecule has 0 saturated heterocycles. The summed E-state index contributed by atoms with van der Waals surface area (Å²) in [5.74, 6) is 1.12. The molecule has 1 aliphatic heterocycles. The highest BCUT2D eigenvalue weighted by molar-refractivity contribution is 6.04. The van der Waals surface area contributed by atoms with Crippen LogP contribution in [0.15, 0.2) is 30.3 Å². The van der Waals surface area contributed by atoms with E-state index in [-0.39, 0.29) is 25.1 Å². The van der Waals surface area contributed by atoms with Gasteiger partial charge in [0, 0.05) is 11.6 Å². The van der Waals surface area contributed by atoms with E-state index in [9.17, 15) is 9.59 Å². The van der Waals surface area contributed by atoms with Gasteiger partial charge in [-0.2, -0.15) is 0 Å². The summed E-state index contributed by atoms with van der Waals surface area (Å²) in [6.45, 7) is 5.24. The number of rotatable bonds is 5. The zero-order chi connectivity index (χ0) is 18.0. The first kappa shape index (κ1) is 16.8. The van der Waals surface area contributed by atoms with Crippen molar-refractivity contribution in [2.45, 2.75) is 20.8 Å². The Labute approximate surface area is 145 Å². The number of ether oxygens (including phenoxy) is 3. The van der Waals surface area contributed by atoms with Crippen molar-refractivity contribution in [3.63, 3.8) is 0 Å². The molecule has 1 N–H and O–H groups in total. The number of anilines is 1. The molecular formula is C19H19NO5. The molecule has 1 amide bonds. The molecule has 0 aromatic heterocycles. The van der Waals surface area contributed by atoms with Crippen LogP contribution in [-0.2, 0) is 4.79 Å². The van der Waals surface area contributed by atoms with Crippen molar-refractivity contribution in [3.05, 3.63) is 47.0 Å². The average molecular weight is 341 g/mol. The van der Waals surface area contributed by atoms with E-state index in [0.717, 1.165) is 11.1 Å². The Kier molecular flexibility index (Phi) is 4.61. The minimum absolute atomic E-state index is 0.0970. The van der Waals surface area contributed by atoms with E-state index in [1.807, 2.05) is 32.0 Å². The quantitative estimate of drug-likeness (QED) is 0.845. The maximum atomic E-state index is 12.2. The summed E-state index contributed by atoms with van der Waals surface area (Å²) in [4.78, 5) is 24.1.